The van der Waals surface area contributed by atoms with E-state index in [0.29, 0.717) is 34.0 Å². The topological polar surface area (TPSA) is 21.3 Å². The minimum absolute atomic E-state index is 0.418. The van der Waals surface area contributed by atoms with Crippen molar-refractivity contribution in [2.24, 2.45) is 0 Å². The zero-order valence-electron chi connectivity index (χ0n) is 8.60. The molecule has 0 heterocycles. The van der Waals surface area contributed by atoms with E-state index in [4.69, 9.17) is 39.5 Å². The molecule has 0 unspecified atom stereocenters. The Hall–Kier alpha value is -0.410. The smallest absolute Gasteiger partial charge is 0.156 e. The van der Waals surface area contributed by atoms with E-state index in [0.717, 1.165) is 6.54 Å². The number of rotatable bonds is 6. The lowest BCUT2D eigenvalue weighted by Gasteiger charge is -2.10. The highest BCUT2D eigenvalue weighted by atomic mass is 35.5. The SMILES string of the molecule is C=CCNCCOc1c(Cl)cc(Cl)cc1Cl. The van der Waals surface area contributed by atoms with E-state index in [9.17, 15) is 0 Å². The largest absolute Gasteiger partial charge is 0.489 e. The van der Waals surface area contributed by atoms with Gasteiger partial charge < -0.3 is 10.1 Å². The van der Waals surface area contributed by atoms with E-state index >= 15 is 0 Å². The molecule has 0 aliphatic carbocycles. The fourth-order valence-corrected chi connectivity index (χ4v) is 2.02. The second kappa shape index (κ2) is 7.02. The summed E-state index contributed by atoms with van der Waals surface area (Å²) in [6.45, 7) is 5.51. The second-order valence-corrected chi connectivity index (χ2v) is 4.29. The van der Waals surface area contributed by atoms with Crippen LogP contribution in [0.15, 0.2) is 24.8 Å². The number of hydrogen-bond acceptors (Lipinski definition) is 2. The Balaban J connectivity index is 2.50. The highest BCUT2D eigenvalue weighted by Crippen LogP contribution is 2.35. The van der Waals surface area contributed by atoms with Gasteiger partial charge in [-0.15, -0.1) is 6.58 Å². The monoisotopic (exact) mass is 279 g/mol. The summed E-state index contributed by atoms with van der Waals surface area (Å²) in [7, 11) is 0. The van der Waals surface area contributed by atoms with Crippen LogP contribution in [0.25, 0.3) is 0 Å². The van der Waals surface area contributed by atoms with Gasteiger partial charge in [0.2, 0.25) is 0 Å². The van der Waals surface area contributed by atoms with Crippen LogP contribution < -0.4 is 10.1 Å². The second-order valence-electron chi connectivity index (χ2n) is 3.04. The third-order valence-corrected chi connectivity index (χ3v) is 2.56. The van der Waals surface area contributed by atoms with Crippen molar-refractivity contribution in [2.75, 3.05) is 19.7 Å². The molecular formula is C11H12Cl3NO. The van der Waals surface area contributed by atoms with Crippen LogP contribution in [0, 0.1) is 0 Å². The first-order valence-electron chi connectivity index (χ1n) is 4.74. The number of benzene rings is 1. The Morgan fingerprint density at radius 3 is 2.44 bits per heavy atom. The molecule has 0 amide bonds. The van der Waals surface area contributed by atoms with Gasteiger partial charge in [-0.2, -0.15) is 0 Å². The summed E-state index contributed by atoms with van der Waals surface area (Å²) in [5.74, 6) is 0.466. The van der Waals surface area contributed by atoms with E-state index in [1.807, 2.05) is 0 Å². The molecule has 0 aromatic heterocycles. The molecule has 0 aliphatic rings. The molecule has 16 heavy (non-hydrogen) atoms. The van der Waals surface area contributed by atoms with Crippen LogP contribution in [0.1, 0.15) is 0 Å². The van der Waals surface area contributed by atoms with Crippen molar-refractivity contribution in [1.82, 2.24) is 5.32 Å². The maximum atomic E-state index is 5.94. The number of nitrogens with one attached hydrogen (secondary N) is 1. The van der Waals surface area contributed by atoms with E-state index in [-0.39, 0.29) is 0 Å². The van der Waals surface area contributed by atoms with E-state index in [2.05, 4.69) is 11.9 Å². The lowest BCUT2D eigenvalue weighted by molar-refractivity contribution is 0.317. The van der Waals surface area contributed by atoms with Gasteiger partial charge in [-0.3, -0.25) is 0 Å². The van der Waals surface area contributed by atoms with Crippen molar-refractivity contribution < 1.29 is 4.74 Å². The first-order chi connectivity index (χ1) is 7.65. The molecule has 88 valence electrons. The minimum atomic E-state index is 0.418. The summed E-state index contributed by atoms with van der Waals surface area (Å²) in [6.07, 6.45) is 1.78. The van der Waals surface area contributed by atoms with Crippen molar-refractivity contribution in [1.29, 1.82) is 0 Å². The highest BCUT2D eigenvalue weighted by Gasteiger charge is 2.08. The van der Waals surface area contributed by atoms with Crippen molar-refractivity contribution in [3.05, 3.63) is 39.9 Å². The fraction of sp³-hybridized carbons (Fsp3) is 0.273. The molecule has 0 spiro atoms. The van der Waals surface area contributed by atoms with Crippen LogP contribution in [0.5, 0.6) is 5.75 Å². The normalized spacial score (nSPS) is 10.2. The summed E-state index contributed by atoms with van der Waals surface area (Å²) in [5.41, 5.74) is 0. The van der Waals surface area contributed by atoms with Gasteiger partial charge in [0.1, 0.15) is 6.61 Å². The first-order valence-corrected chi connectivity index (χ1v) is 5.87. The van der Waals surface area contributed by atoms with Gasteiger partial charge in [0.05, 0.1) is 10.0 Å². The summed E-state index contributed by atoms with van der Waals surface area (Å²) in [6, 6.07) is 3.20. The molecule has 0 fully saturated rings. The molecule has 1 aromatic carbocycles. The molecule has 0 radical (unpaired) electrons. The molecule has 5 heteroatoms. The average Bonchev–Trinajstić information content (AvgIpc) is 2.20. The van der Waals surface area contributed by atoms with Crippen molar-refractivity contribution in [3.63, 3.8) is 0 Å². The van der Waals surface area contributed by atoms with Gasteiger partial charge in [0.15, 0.2) is 5.75 Å². The molecule has 1 rings (SSSR count). The summed E-state index contributed by atoms with van der Waals surface area (Å²) < 4.78 is 5.45. The lowest BCUT2D eigenvalue weighted by Crippen LogP contribution is -2.20. The number of ether oxygens (including phenoxy) is 1. The maximum absolute atomic E-state index is 5.94. The van der Waals surface area contributed by atoms with Gasteiger partial charge in [0, 0.05) is 18.1 Å². The molecule has 1 N–H and O–H groups in total. The molecule has 0 bridgehead atoms. The quantitative estimate of drug-likeness (QED) is 0.632. The van der Waals surface area contributed by atoms with Crippen molar-refractivity contribution in [3.8, 4) is 5.75 Å². The number of halogens is 3. The Morgan fingerprint density at radius 1 is 1.25 bits per heavy atom. The molecule has 0 atom stereocenters. The zero-order chi connectivity index (χ0) is 12.0. The predicted octanol–water partition coefficient (Wildman–Crippen LogP) is 3.80. The van der Waals surface area contributed by atoms with Crippen LogP contribution in [-0.4, -0.2) is 19.7 Å². The summed E-state index contributed by atoms with van der Waals surface area (Å²) in [4.78, 5) is 0. The average molecular weight is 281 g/mol. The van der Waals surface area contributed by atoms with Crippen molar-refractivity contribution >= 4 is 34.8 Å². The van der Waals surface area contributed by atoms with Crippen LogP contribution >= 0.6 is 34.8 Å². The molecule has 2 nitrogen and oxygen atoms in total. The fourth-order valence-electron chi connectivity index (χ4n) is 1.10. The molecule has 0 saturated heterocycles. The summed E-state index contributed by atoms with van der Waals surface area (Å²) >= 11 is 17.7. The standard InChI is InChI=1S/C11H12Cl3NO/c1-2-3-15-4-5-16-11-9(13)6-8(12)7-10(11)14/h2,6-7,15H,1,3-5H2. The van der Waals surface area contributed by atoms with Crippen LogP contribution in [0.2, 0.25) is 15.1 Å². The Bertz CT molecular complexity index is 345. The van der Waals surface area contributed by atoms with Crippen LogP contribution in [0.4, 0.5) is 0 Å². The van der Waals surface area contributed by atoms with Crippen LogP contribution in [-0.2, 0) is 0 Å². The molecule has 0 aliphatic heterocycles. The third-order valence-electron chi connectivity index (χ3n) is 1.78. The summed E-state index contributed by atoms with van der Waals surface area (Å²) in [5, 5.41) is 4.43. The molecule has 0 saturated carbocycles. The lowest BCUT2D eigenvalue weighted by atomic mass is 10.3. The Labute approximate surface area is 110 Å². The molecule has 1 aromatic rings. The van der Waals surface area contributed by atoms with Gasteiger partial charge in [0.25, 0.3) is 0 Å². The minimum Gasteiger partial charge on any atom is -0.489 e. The third kappa shape index (κ3) is 4.22. The maximum Gasteiger partial charge on any atom is 0.156 e. The van der Waals surface area contributed by atoms with E-state index in [1.54, 1.807) is 18.2 Å². The van der Waals surface area contributed by atoms with E-state index < -0.39 is 0 Å². The van der Waals surface area contributed by atoms with Gasteiger partial charge in [-0.1, -0.05) is 40.9 Å². The van der Waals surface area contributed by atoms with Crippen molar-refractivity contribution in [2.45, 2.75) is 0 Å². The van der Waals surface area contributed by atoms with Crippen LogP contribution in [0.3, 0.4) is 0 Å². The van der Waals surface area contributed by atoms with Gasteiger partial charge >= 0.3 is 0 Å². The van der Waals surface area contributed by atoms with Gasteiger partial charge in [-0.25, -0.2) is 0 Å². The Morgan fingerprint density at radius 2 is 1.88 bits per heavy atom. The predicted molar refractivity (Wildman–Crippen MR) is 70.0 cm³/mol. The number of hydrogen-bond donors (Lipinski definition) is 1. The van der Waals surface area contributed by atoms with Gasteiger partial charge in [-0.05, 0) is 12.1 Å². The van der Waals surface area contributed by atoms with E-state index in [1.165, 1.54) is 0 Å². The Kier molecular flexibility index (Phi) is 5.99. The highest BCUT2D eigenvalue weighted by molar-refractivity contribution is 6.40. The molecular weight excluding hydrogens is 268 g/mol. The zero-order valence-corrected chi connectivity index (χ0v) is 10.9. The first kappa shape index (κ1) is 13.7.